The summed E-state index contributed by atoms with van der Waals surface area (Å²) in [6, 6.07) is 0.147. The van der Waals surface area contributed by atoms with E-state index in [2.05, 4.69) is 56.9 Å². The van der Waals surface area contributed by atoms with Crippen LogP contribution in [0.2, 0.25) is 0 Å². The van der Waals surface area contributed by atoms with Crippen molar-refractivity contribution in [2.24, 2.45) is 0 Å². The number of amides is 1. The minimum atomic E-state index is -0.723. The highest BCUT2D eigenvalue weighted by atomic mass is 16.4. The smallest absolute Gasteiger partial charge is 0.407 e. The highest BCUT2D eigenvalue weighted by Gasteiger charge is 2.23. The highest BCUT2D eigenvalue weighted by Crippen LogP contribution is 2.18. The quantitative estimate of drug-likeness (QED) is 0.0695. The van der Waals surface area contributed by atoms with Crippen molar-refractivity contribution in [2.45, 2.75) is 161 Å². The maximum absolute atomic E-state index is 12.3. The fraction of sp³-hybridized carbons (Fsp3) is 0.914. The molecule has 40 heavy (non-hydrogen) atoms. The number of hydrogen-bond acceptors (Lipinski definition) is 3. The topological polar surface area (TPSA) is 47.0 Å². The summed E-state index contributed by atoms with van der Waals surface area (Å²) in [5, 5.41) is 10.1. The van der Waals surface area contributed by atoms with E-state index in [4.69, 9.17) is 0 Å². The molecule has 0 spiro atoms. The number of allylic oxidation sites excluding steroid dienone is 2. The predicted octanol–water partition coefficient (Wildman–Crippen LogP) is 10.0. The summed E-state index contributed by atoms with van der Waals surface area (Å²) >= 11 is 0. The Labute approximate surface area is 251 Å². The second-order valence-electron chi connectivity index (χ2n) is 12.5. The van der Waals surface area contributed by atoms with Crippen LogP contribution in [-0.2, 0) is 0 Å². The third-order valence-corrected chi connectivity index (χ3v) is 8.26. The molecular formula is C35H71N3O2. The summed E-state index contributed by atoms with van der Waals surface area (Å²) < 4.78 is 0. The van der Waals surface area contributed by atoms with Crippen molar-refractivity contribution in [2.75, 3.05) is 47.3 Å². The Morgan fingerprint density at radius 2 is 1.05 bits per heavy atom. The van der Waals surface area contributed by atoms with Gasteiger partial charge in [-0.3, -0.25) is 0 Å². The molecule has 0 saturated heterocycles. The molecule has 0 aromatic carbocycles. The first-order valence-electron chi connectivity index (χ1n) is 17.4. The predicted molar refractivity (Wildman–Crippen MR) is 177 cm³/mol. The van der Waals surface area contributed by atoms with Crippen molar-refractivity contribution in [1.29, 1.82) is 0 Å². The zero-order valence-corrected chi connectivity index (χ0v) is 27.8. The Kier molecular flexibility index (Phi) is 28.6. The van der Waals surface area contributed by atoms with E-state index in [1.54, 1.807) is 4.90 Å². The highest BCUT2D eigenvalue weighted by molar-refractivity contribution is 5.65. The van der Waals surface area contributed by atoms with Gasteiger partial charge in [-0.15, -0.1) is 0 Å². The van der Waals surface area contributed by atoms with Crippen LogP contribution in [0.4, 0.5) is 4.79 Å². The number of unbranched alkanes of at least 4 members (excludes halogenated alkanes) is 17. The van der Waals surface area contributed by atoms with E-state index in [1.165, 1.54) is 109 Å². The summed E-state index contributed by atoms with van der Waals surface area (Å²) in [6.07, 6.45) is 31.5. The van der Waals surface area contributed by atoms with Gasteiger partial charge < -0.3 is 19.8 Å². The Morgan fingerprint density at radius 1 is 0.575 bits per heavy atom. The summed E-state index contributed by atoms with van der Waals surface area (Å²) in [4.78, 5) is 18.6. The van der Waals surface area contributed by atoms with Gasteiger partial charge in [0.15, 0.2) is 0 Å². The lowest BCUT2D eigenvalue weighted by molar-refractivity contribution is 0.111. The average molecular weight is 566 g/mol. The van der Waals surface area contributed by atoms with Crippen LogP contribution >= 0.6 is 0 Å². The first-order valence-corrected chi connectivity index (χ1v) is 17.4. The van der Waals surface area contributed by atoms with Crippen molar-refractivity contribution in [3.05, 3.63) is 12.2 Å². The number of nitrogens with zero attached hydrogens (tertiary/aromatic N) is 3. The average Bonchev–Trinajstić information content (AvgIpc) is 2.93. The first kappa shape index (κ1) is 38.9. The summed E-state index contributed by atoms with van der Waals surface area (Å²) in [5.74, 6) is 0. The van der Waals surface area contributed by atoms with Gasteiger partial charge in [-0.1, -0.05) is 122 Å². The summed E-state index contributed by atoms with van der Waals surface area (Å²) in [6.45, 7) is 8.25. The molecule has 1 amide bonds. The van der Waals surface area contributed by atoms with Gasteiger partial charge in [-0.05, 0) is 72.6 Å². The second-order valence-corrected chi connectivity index (χ2v) is 12.5. The normalized spacial score (nSPS) is 12.7. The van der Waals surface area contributed by atoms with Crippen LogP contribution in [0.25, 0.3) is 0 Å². The van der Waals surface area contributed by atoms with Gasteiger partial charge in [0.2, 0.25) is 0 Å². The van der Waals surface area contributed by atoms with E-state index in [0.717, 1.165) is 51.7 Å². The number of hydrogen-bond donors (Lipinski definition) is 1. The zero-order chi connectivity index (χ0) is 29.7. The molecule has 0 bridgehead atoms. The monoisotopic (exact) mass is 566 g/mol. The van der Waals surface area contributed by atoms with Crippen LogP contribution in [-0.4, -0.2) is 79.3 Å². The molecule has 0 aliphatic rings. The minimum absolute atomic E-state index is 0.147. The maximum Gasteiger partial charge on any atom is 0.407 e. The molecule has 1 atom stereocenters. The van der Waals surface area contributed by atoms with Crippen LogP contribution in [0.3, 0.4) is 0 Å². The molecule has 1 unspecified atom stereocenters. The molecule has 0 rings (SSSR count). The largest absolute Gasteiger partial charge is 0.465 e. The second kappa shape index (κ2) is 29.4. The van der Waals surface area contributed by atoms with Crippen molar-refractivity contribution >= 4 is 6.09 Å². The lowest BCUT2D eigenvalue weighted by Gasteiger charge is -2.31. The Hall–Kier alpha value is -1.07. The SMILES string of the molecule is CCCCCCCCC=CCCCCCCCCN(C(=O)O)C(CCCCCCCC)CCN(C)CCN(C)C. The lowest BCUT2D eigenvalue weighted by Crippen LogP contribution is -2.42. The summed E-state index contributed by atoms with van der Waals surface area (Å²) in [7, 11) is 6.38. The van der Waals surface area contributed by atoms with Gasteiger partial charge in [-0.25, -0.2) is 4.79 Å². The van der Waals surface area contributed by atoms with E-state index in [1.807, 2.05) is 0 Å². The first-order chi connectivity index (χ1) is 19.4. The molecule has 0 radical (unpaired) electrons. The van der Waals surface area contributed by atoms with E-state index >= 15 is 0 Å². The fourth-order valence-corrected chi connectivity index (χ4v) is 5.43. The maximum atomic E-state index is 12.3. The number of likely N-dealkylation sites (N-methyl/N-ethyl adjacent to an activating group) is 2. The van der Waals surface area contributed by atoms with Crippen LogP contribution in [0.15, 0.2) is 12.2 Å². The number of carbonyl (C=O) groups is 1. The molecule has 0 aliphatic heterocycles. The van der Waals surface area contributed by atoms with Gasteiger partial charge in [0.25, 0.3) is 0 Å². The van der Waals surface area contributed by atoms with Gasteiger partial charge in [0.1, 0.15) is 0 Å². The Bertz CT molecular complexity index is 567. The molecule has 238 valence electrons. The lowest BCUT2D eigenvalue weighted by atomic mass is 10.0. The molecular weight excluding hydrogens is 494 g/mol. The van der Waals surface area contributed by atoms with Gasteiger partial charge >= 0.3 is 6.09 Å². The third kappa shape index (κ3) is 25.9. The molecule has 5 nitrogen and oxygen atoms in total. The molecule has 0 heterocycles. The standard InChI is InChI=1S/C35H71N3O2/c1-6-8-10-12-14-15-16-17-18-19-20-21-22-23-25-27-30-38(35(39)40)34(28-26-24-13-11-9-7-2)29-31-37(5)33-32-36(3)4/h17-18,34H,6-16,19-33H2,1-5H3,(H,39,40). The molecule has 0 saturated carbocycles. The Morgan fingerprint density at radius 3 is 1.55 bits per heavy atom. The molecule has 0 aliphatic carbocycles. The van der Waals surface area contributed by atoms with Crippen molar-refractivity contribution in [3.63, 3.8) is 0 Å². The van der Waals surface area contributed by atoms with Crippen molar-refractivity contribution in [1.82, 2.24) is 14.7 Å². The van der Waals surface area contributed by atoms with Gasteiger partial charge in [0.05, 0.1) is 0 Å². The summed E-state index contributed by atoms with van der Waals surface area (Å²) in [5.41, 5.74) is 0. The van der Waals surface area contributed by atoms with Gasteiger partial charge in [-0.2, -0.15) is 0 Å². The van der Waals surface area contributed by atoms with Crippen molar-refractivity contribution in [3.8, 4) is 0 Å². The van der Waals surface area contributed by atoms with E-state index in [0.29, 0.717) is 6.54 Å². The van der Waals surface area contributed by atoms with E-state index in [-0.39, 0.29) is 6.04 Å². The van der Waals surface area contributed by atoms with Crippen LogP contribution < -0.4 is 0 Å². The molecule has 0 fully saturated rings. The molecule has 0 aromatic heterocycles. The fourth-order valence-electron chi connectivity index (χ4n) is 5.43. The molecule has 0 aromatic rings. The van der Waals surface area contributed by atoms with Crippen LogP contribution in [0.5, 0.6) is 0 Å². The van der Waals surface area contributed by atoms with E-state index < -0.39 is 6.09 Å². The number of rotatable bonds is 30. The van der Waals surface area contributed by atoms with Crippen molar-refractivity contribution < 1.29 is 9.90 Å². The molecule has 5 heteroatoms. The third-order valence-electron chi connectivity index (χ3n) is 8.26. The van der Waals surface area contributed by atoms with Gasteiger partial charge in [0, 0.05) is 25.7 Å². The number of carboxylic acid groups (broad SMARTS) is 1. The zero-order valence-electron chi connectivity index (χ0n) is 27.8. The Balaban J connectivity index is 4.27. The van der Waals surface area contributed by atoms with Crippen LogP contribution in [0, 0.1) is 0 Å². The van der Waals surface area contributed by atoms with E-state index in [9.17, 15) is 9.90 Å². The van der Waals surface area contributed by atoms with Crippen LogP contribution in [0.1, 0.15) is 155 Å². The minimum Gasteiger partial charge on any atom is -0.465 e. The molecule has 1 N–H and O–H groups in total.